The first-order chi connectivity index (χ1) is 8.20. The van der Waals surface area contributed by atoms with Gasteiger partial charge in [0.15, 0.2) is 10.2 Å². The van der Waals surface area contributed by atoms with Crippen LogP contribution in [0.15, 0.2) is 0 Å². The van der Waals surface area contributed by atoms with Crippen LogP contribution in [-0.2, 0) is 12.8 Å². The predicted molar refractivity (Wildman–Crippen MR) is 75.7 cm³/mol. The smallest absolute Gasteiger partial charge is 0.189 e. The van der Waals surface area contributed by atoms with Gasteiger partial charge in [0.1, 0.15) is 0 Å². The van der Waals surface area contributed by atoms with Gasteiger partial charge >= 0.3 is 0 Å². The summed E-state index contributed by atoms with van der Waals surface area (Å²) in [5.41, 5.74) is 1.28. The van der Waals surface area contributed by atoms with E-state index in [1.54, 1.807) is 11.3 Å². The molecule has 0 saturated heterocycles. The monoisotopic (exact) mass is 267 g/mol. The van der Waals surface area contributed by atoms with Crippen molar-refractivity contribution >= 4 is 33.8 Å². The summed E-state index contributed by atoms with van der Waals surface area (Å²) in [5, 5.41) is 8.18. The standard InChI is InChI=1S/C12H17N3S2/c1-7-2-5-9-10(6-7)17-12(14-9)15-11(16)13-8-3-4-8/h7-8H,2-6H2,1H3,(H2,13,14,15,16). The van der Waals surface area contributed by atoms with Crippen LogP contribution in [0.1, 0.15) is 36.8 Å². The Labute approximate surface area is 111 Å². The second-order valence-electron chi connectivity index (χ2n) is 5.11. The van der Waals surface area contributed by atoms with Crippen molar-refractivity contribution in [2.75, 3.05) is 5.32 Å². The predicted octanol–water partition coefficient (Wildman–Crippen LogP) is 2.72. The molecule has 1 unspecified atom stereocenters. The van der Waals surface area contributed by atoms with Gasteiger partial charge < -0.3 is 10.6 Å². The summed E-state index contributed by atoms with van der Waals surface area (Å²) in [6.45, 7) is 2.31. The average molecular weight is 267 g/mol. The van der Waals surface area contributed by atoms with E-state index < -0.39 is 0 Å². The van der Waals surface area contributed by atoms with Gasteiger partial charge in [0, 0.05) is 10.9 Å². The molecule has 1 heterocycles. The first-order valence-electron chi connectivity index (χ1n) is 6.27. The molecule has 0 amide bonds. The van der Waals surface area contributed by atoms with Crippen LogP contribution >= 0.6 is 23.6 Å². The van der Waals surface area contributed by atoms with E-state index in [0.29, 0.717) is 6.04 Å². The Hall–Kier alpha value is -0.680. The fourth-order valence-electron chi connectivity index (χ4n) is 2.14. The molecule has 0 aliphatic heterocycles. The second kappa shape index (κ2) is 4.53. The SMILES string of the molecule is CC1CCc2nc(NC(=S)NC3CC3)sc2C1. The lowest BCUT2D eigenvalue weighted by Gasteiger charge is -2.15. The van der Waals surface area contributed by atoms with Crippen molar-refractivity contribution in [2.24, 2.45) is 5.92 Å². The number of rotatable bonds is 2. The lowest BCUT2D eigenvalue weighted by molar-refractivity contribution is 0.502. The zero-order valence-electron chi connectivity index (χ0n) is 9.95. The van der Waals surface area contributed by atoms with E-state index >= 15 is 0 Å². The Kier molecular flexibility index (Phi) is 3.04. The lowest BCUT2D eigenvalue weighted by atomic mass is 9.93. The summed E-state index contributed by atoms with van der Waals surface area (Å²) >= 11 is 7.03. The maximum atomic E-state index is 5.26. The molecule has 2 N–H and O–H groups in total. The van der Waals surface area contributed by atoms with Crippen molar-refractivity contribution in [3.8, 4) is 0 Å². The number of anilines is 1. The van der Waals surface area contributed by atoms with Crippen molar-refractivity contribution in [1.29, 1.82) is 0 Å². The maximum absolute atomic E-state index is 5.26. The molecular formula is C12H17N3S2. The fraction of sp³-hybridized carbons (Fsp3) is 0.667. The molecule has 17 heavy (non-hydrogen) atoms. The van der Waals surface area contributed by atoms with Gasteiger partial charge in [-0.15, -0.1) is 11.3 Å². The van der Waals surface area contributed by atoms with Crippen LogP contribution in [0.3, 0.4) is 0 Å². The number of hydrogen-bond donors (Lipinski definition) is 2. The van der Waals surface area contributed by atoms with E-state index in [1.807, 2.05) is 0 Å². The summed E-state index contributed by atoms with van der Waals surface area (Å²) in [4.78, 5) is 6.08. The number of aromatic nitrogens is 1. The minimum atomic E-state index is 0.601. The number of nitrogens with one attached hydrogen (secondary N) is 2. The Balaban J connectivity index is 1.65. The van der Waals surface area contributed by atoms with Gasteiger partial charge in [-0.25, -0.2) is 4.98 Å². The van der Waals surface area contributed by atoms with E-state index in [9.17, 15) is 0 Å². The van der Waals surface area contributed by atoms with E-state index in [-0.39, 0.29) is 0 Å². The zero-order valence-corrected chi connectivity index (χ0v) is 11.6. The molecule has 3 nitrogen and oxygen atoms in total. The highest BCUT2D eigenvalue weighted by atomic mass is 32.1. The van der Waals surface area contributed by atoms with Gasteiger partial charge in [0.25, 0.3) is 0 Å². The molecular weight excluding hydrogens is 250 g/mol. The topological polar surface area (TPSA) is 37.0 Å². The average Bonchev–Trinajstić information content (AvgIpc) is 2.97. The highest BCUT2D eigenvalue weighted by Crippen LogP contribution is 2.32. The van der Waals surface area contributed by atoms with Gasteiger partial charge in [-0.05, 0) is 50.2 Å². The van der Waals surface area contributed by atoms with Crippen LogP contribution in [0.2, 0.25) is 0 Å². The van der Waals surface area contributed by atoms with Crippen molar-refractivity contribution in [3.05, 3.63) is 10.6 Å². The molecule has 2 aliphatic carbocycles. The zero-order chi connectivity index (χ0) is 11.8. The van der Waals surface area contributed by atoms with E-state index in [0.717, 1.165) is 22.6 Å². The van der Waals surface area contributed by atoms with Crippen LogP contribution in [0.4, 0.5) is 5.13 Å². The molecule has 0 bridgehead atoms. The molecule has 1 aromatic heterocycles. The van der Waals surface area contributed by atoms with Gasteiger partial charge in [0.05, 0.1) is 5.69 Å². The quantitative estimate of drug-likeness (QED) is 0.808. The third-order valence-corrected chi connectivity index (χ3v) is 4.57. The van der Waals surface area contributed by atoms with Crippen molar-refractivity contribution in [2.45, 2.75) is 45.1 Å². The van der Waals surface area contributed by atoms with Gasteiger partial charge in [-0.2, -0.15) is 0 Å². The molecule has 5 heteroatoms. The van der Waals surface area contributed by atoms with E-state index in [2.05, 4.69) is 22.5 Å². The Morgan fingerprint density at radius 3 is 3.00 bits per heavy atom. The second-order valence-corrected chi connectivity index (χ2v) is 6.60. The van der Waals surface area contributed by atoms with Gasteiger partial charge in [0.2, 0.25) is 0 Å². The molecule has 1 atom stereocenters. The number of aryl methyl sites for hydroxylation is 1. The van der Waals surface area contributed by atoms with Crippen molar-refractivity contribution < 1.29 is 0 Å². The Bertz CT molecular complexity index is 437. The third kappa shape index (κ3) is 2.77. The first kappa shape index (κ1) is 11.4. The maximum Gasteiger partial charge on any atom is 0.189 e. The Morgan fingerprint density at radius 2 is 2.24 bits per heavy atom. The lowest BCUT2D eigenvalue weighted by Crippen LogP contribution is -2.30. The van der Waals surface area contributed by atoms with Gasteiger partial charge in [-0.3, -0.25) is 0 Å². The van der Waals surface area contributed by atoms with Crippen LogP contribution in [-0.4, -0.2) is 16.1 Å². The molecule has 0 aromatic carbocycles. The number of fused-ring (bicyclic) bond motifs is 1. The third-order valence-electron chi connectivity index (χ3n) is 3.32. The number of thiazole rings is 1. The summed E-state index contributed by atoms with van der Waals surface area (Å²) in [6, 6.07) is 0.601. The van der Waals surface area contributed by atoms with Gasteiger partial charge in [-0.1, -0.05) is 6.92 Å². The van der Waals surface area contributed by atoms with Crippen LogP contribution in [0, 0.1) is 5.92 Å². The van der Waals surface area contributed by atoms with Crippen LogP contribution < -0.4 is 10.6 Å². The molecule has 0 spiro atoms. The molecule has 1 saturated carbocycles. The first-order valence-corrected chi connectivity index (χ1v) is 7.49. The largest absolute Gasteiger partial charge is 0.360 e. The molecule has 2 aliphatic rings. The molecule has 0 radical (unpaired) electrons. The van der Waals surface area contributed by atoms with E-state index in [4.69, 9.17) is 12.2 Å². The number of thiocarbonyl (C=S) groups is 1. The van der Waals surface area contributed by atoms with Crippen molar-refractivity contribution in [3.63, 3.8) is 0 Å². The van der Waals surface area contributed by atoms with Crippen LogP contribution in [0.25, 0.3) is 0 Å². The van der Waals surface area contributed by atoms with Crippen molar-refractivity contribution in [1.82, 2.24) is 10.3 Å². The number of hydrogen-bond acceptors (Lipinski definition) is 3. The summed E-state index contributed by atoms with van der Waals surface area (Å²) in [6.07, 6.45) is 6.05. The molecule has 92 valence electrons. The molecule has 3 rings (SSSR count). The van der Waals surface area contributed by atoms with Crippen LogP contribution in [0.5, 0.6) is 0 Å². The van der Waals surface area contributed by atoms with E-state index in [1.165, 1.54) is 36.3 Å². The fourth-order valence-corrected chi connectivity index (χ4v) is 3.64. The number of nitrogens with zero attached hydrogens (tertiary/aromatic N) is 1. The molecule has 1 aromatic rings. The Morgan fingerprint density at radius 1 is 1.41 bits per heavy atom. The molecule has 1 fully saturated rings. The summed E-state index contributed by atoms with van der Waals surface area (Å²) in [5.74, 6) is 0.798. The normalized spacial score (nSPS) is 23.0. The minimum Gasteiger partial charge on any atom is -0.360 e. The minimum absolute atomic E-state index is 0.601. The summed E-state index contributed by atoms with van der Waals surface area (Å²) in [7, 11) is 0. The summed E-state index contributed by atoms with van der Waals surface area (Å²) < 4.78 is 0. The highest BCUT2D eigenvalue weighted by Gasteiger charge is 2.23. The highest BCUT2D eigenvalue weighted by molar-refractivity contribution is 7.80.